The molecule has 0 amide bonds. The molecule has 1 aromatic heterocycles. The minimum absolute atomic E-state index is 0.388. The molecule has 0 saturated heterocycles. The number of nitrogens with two attached hydrogens (primary N) is 1. The third kappa shape index (κ3) is 3.92. The van der Waals surface area contributed by atoms with Crippen molar-refractivity contribution in [2.24, 2.45) is 5.41 Å². The van der Waals surface area contributed by atoms with Gasteiger partial charge in [0.2, 0.25) is 0 Å². The molecule has 0 spiro atoms. The quantitative estimate of drug-likeness (QED) is 0.773. The molecule has 13 heavy (non-hydrogen) atoms. The zero-order valence-corrected chi connectivity index (χ0v) is 8.62. The lowest BCUT2D eigenvalue weighted by atomic mass is 9.91. The highest BCUT2D eigenvalue weighted by Gasteiger charge is 2.09. The SMILES string of the molecule is CC(C)(C)CCCn1ncc(N)n1. The first-order chi connectivity index (χ1) is 5.97. The van der Waals surface area contributed by atoms with Crippen LogP contribution in [0, 0.1) is 5.41 Å². The van der Waals surface area contributed by atoms with Gasteiger partial charge in [-0.15, -0.1) is 5.10 Å². The second-order valence-corrected chi connectivity index (χ2v) is 4.53. The number of rotatable bonds is 3. The van der Waals surface area contributed by atoms with Gasteiger partial charge >= 0.3 is 0 Å². The van der Waals surface area contributed by atoms with E-state index in [1.54, 1.807) is 11.0 Å². The molecule has 0 aliphatic rings. The van der Waals surface area contributed by atoms with Crippen LogP contribution in [0.15, 0.2) is 6.20 Å². The monoisotopic (exact) mass is 182 g/mol. The average Bonchev–Trinajstić information content (AvgIpc) is 2.33. The van der Waals surface area contributed by atoms with E-state index >= 15 is 0 Å². The Balaban J connectivity index is 2.28. The molecule has 0 atom stereocenters. The Morgan fingerprint density at radius 1 is 1.46 bits per heavy atom. The highest BCUT2D eigenvalue weighted by atomic mass is 15.5. The fourth-order valence-corrected chi connectivity index (χ4v) is 1.17. The number of anilines is 1. The molecule has 0 fully saturated rings. The summed E-state index contributed by atoms with van der Waals surface area (Å²) in [6.07, 6.45) is 3.85. The van der Waals surface area contributed by atoms with Crippen molar-refractivity contribution in [2.75, 3.05) is 5.73 Å². The average molecular weight is 182 g/mol. The van der Waals surface area contributed by atoms with E-state index in [2.05, 4.69) is 31.0 Å². The van der Waals surface area contributed by atoms with E-state index < -0.39 is 0 Å². The first kappa shape index (κ1) is 10.0. The maximum absolute atomic E-state index is 5.44. The lowest BCUT2D eigenvalue weighted by molar-refractivity contribution is 0.342. The zero-order chi connectivity index (χ0) is 9.90. The van der Waals surface area contributed by atoms with E-state index in [0.717, 1.165) is 13.0 Å². The second-order valence-electron chi connectivity index (χ2n) is 4.53. The van der Waals surface area contributed by atoms with Gasteiger partial charge in [0.1, 0.15) is 0 Å². The van der Waals surface area contributed by atoms with Crippen LogP contribution in [-0.2, 0) is 6.54 Å². The Morgan fingerprint density at radius 2 is 2.15 bits per heavy atom. The van der Waals surface area contributed by atoms with E-state index in [9.17, 15) is 0 Å². The predicted octanol–water partition coefficient (Wildman–Crippen LogP) is 1.69. The molecule has 0 saturated carbocycles. The van der Waals surface area contributed by atoms with E-state index in [0.29, 0.717) is 11.2 Å². The topological polar surface area (TPSA) is 56.7 Å². The summed E-state index contributed by atoms with van der Waals surface area (Å²) in [5, 5.41) is 8.03. The first-order valence-electron chi connectivity index (χ1n) is 4.63. The highest BCUT2D eigenvalue weighted by Crippen LogP contribution is 2.20. The molecule has 4 nitrogen and oxygen atoms in total. The smallest absolute Gasteiger partial charge is 0.165 e. The molecule has 0 aromatic carbocycles. The molecule has 1 aromatic rings. The molecule has 2 N–H and O–H groups in total. The van der Waals surface area contributed by atoms with Crippen molar-refractivity contribution in [3.8, 4) is 0 Å². The molecule has 1 heterocycles. The van der Waals surface area contributed by atoms with Crippen molar-refractivity contribution in [2.45, 2.75) is 40.2 Å². The second kappa shape index (κ2) is 3.77. The van der Waals surface area contributed by atoms with Gasteiger partial charge < -0.3 is 5.73 Å². The molecule has 74 valence electrons. The maximum atomic E-state index is 5.44. The molecule has 0 aliphatic carbocycles. The maximum Gasteiger partial charge on any atom is 0.165 e. The Bertz CT molecular complexity index is 259. The normalized spacial score (nSPS) is 11.9. The van der Waals surface area contributed by atoms with Crippen LogP contribution in [0.3, 0.4) is 0 Å². The number of aromatic nitrogens is 3. The minimum Gasteiger partial charge on any atom is -0.381 e. The first-order valence-corrected chi connectivity index (χ1v) is 4.63. The lowest BCUT2D eigenvalue weighted by Gasteiger charge is -2.17. The number of hydrogen-bond donors (Lipinski definition) is 1. The van der Waals surface area contributed by atoms with Gasteiger partial charge in [-0.1, -0.05) is 20.8 Å². The van der Waals surface area contributed by atoms with Gasteiger partial charge in [-0.05, 0) is 18.3 Å². The van der Waals surface area contributed by atoms with Crippen LogP contribution in [0.5, 0.6) is 0 Å². The third-order valence-electron chi connectivity index (χ3n) is 1.84. The molecule has 0 radical (unpaired) electrons. The molecule has 0 aliphatic heterocycles. The van der Waals surface area contributed by atoms with E-state index in [1.807, 2.05) is 0 Å². The summed E-state index contributed by atoms with van der Waals surface area (Å²) in [6.45, 7) is 7.56. The molecular formula is C9H18N4. The summed E-state index contributed by atoms with van der Waals surface area (Å²) in [5.74, 6) is 0.496. The summed E-state index contributed by atoms with van der Waals surface area (Å²) in [6, 6.07) is 0. The van der Waals surface area contributed by atoms with Crippen molar-refractivity contribution in [3.05, 3.63) is 6.20 Å². The molecular weight excluding hydrogens is 164 g/mol. The summed E-state index contributed by atoms with van der Waals surface area (Å²) < 4.78 is 0. The summed E-state index contributed by atoms with van der Waals surface area (Å²) in [7, 11) is 0. The van der Waals surface area contributed by atoms with E-state index in [1.165, 1.54) is 6.42 Å². The van der Waals surface area contributed by atoms with Gasteiger partial charge in [0.05, 0.1) is 12.7 Å². The van der Waals surface area contributed by atoms with Crippen LogP contribution in [0.2, 0.25) is 0 Å². The number of aryl methyl sites for hydroxylation is 1. The van der Waals surface area contributed by atoms with E-state index in [-0.39, 0.29) is 0 Å². The van der Waals surface area contributed by atoms with Gasteiger partial charge in [-0.2, -0.15) is 9.90 Å². The van der Waals surface area contributed by atoms with Crippen molar-refractivity contribution in [1.82, 2.24) is 15.0 Å². The summed E-state index contributed by atoms with van der Waals surface area (Å²) >= 11 is 0. The molecule has 4 heteroatoms. The Labute approximate surface area is 79.1 Å². The fraction of sp³-hybridized carbons (Fsp3) is 0.778. The van der Waals surface area contributed by atoms with Gasteiger partial charge in [0.15, 0.2) is 5.82 Å². The summed E-state index contributed by atoms with van der Waals surface area (Å²) in [4.78, 5) is 1.65. The zero-order valence-electron chi connectivity index (χ0n) is 8.62. The van der Waals surface area contributed by atoms with Crippen LogP contribution >= 0.6 is 0 Å². The fourth-order valence-electron chi connectivity index (χ4n) is 1.17. The van der Waals surface area contributed by atoms with Crippen molar-refractivity contribution in [1.29, 1.82) is 0 Å². The van der Waals surface area contributed by atoms with Gasteiger partial charge in [0, 0.05) is 0 Å². The molecule has 0 bridgehead atoms. The molecule has 0 unspecified atom stereocenters. The van der Waals surface area contributed by atoms with Gasteiger partial charge in [-0.25, -0.2) is 0 Å². The van der Waals surface area contributed by atoms with Crippen LogP contribution in [0.1, 0.15) is 33.6 Å². The number of hydrogen-bond acceptors (Lipinski definition) is 3. The van der Waals surface area contributed by atoms with Crippen LogP contribution < -0.4 is 5.73 Å². The number of nitrogens with zero attached hydrogens (tertiary/aromatic N) is 3. The Morgan fingerprint density at radius 3 is 2.62 bits per heavy atom. The van der Waals surface area contributed by atoms with Crippen molar-refractivity contribution >= 4 is 5.82 Å². The van der Waals surface area contributed by atoms with Crippen molar-refractivity contribution < 1.29 is 0 Å². The molecule has 1 rings (SSSR count). The minimum atomic E-state index is 0.388. The Kier molecular flexibility index (Phi) is 2.90. The largest absolute Gasteiger partial charge is 0.381 e. The highest BCUT2D eigenvalue weighted by molar-refractivity contribution is 5.19. The van der Waals surface area contributed by atoms with Crippen LogP contribution in [0.4, 0.5) is 5.82 Å². The van der Waals surface area contributed by atoms with Crippen molar-refractivity contribution in [3.63, 3.8) is 0 Å². The third-order valence-corrected chi connectivity index (χ3v) is 1.84. The van der Waals surface area contributed by atoms with E-state index in [4.69, 9.17) is 5.73 Å². The number of nitrogen functional groups attached to an aromatic ring is 1. The van der Waals surface area contributed by atoms with Crippen LogP contribution in [0.25, 0.3) is 0 Å². The van der Waals surface area contributed by atoms with Gasteiger partial charge in [0.25, 0.3) is 0 Å². The lowest BCUT2D eigenvalue weighted by Crippen LogP contribution is -2.09. The van der Waals surface area contributed by atoms with Gasteiger partial charge in [-0.3, -0.25) is 0 Å². The summed E-state index contributed by atoms with van der Waals surface area (Å²) in [5.41, 5.74) is 5.83. The Hall–Kier alpha value is -1.06. The standard InChI is InChI=1S/C9H18N4/c1-9(2,3)5-4-6-13-11-7-8(10)12-13/h7H,4-6H2,1-3H3,(H2,10,12). The predicted molar refractivity (Wildman–Crippen MR) is 53.1 cm³/mol. The van der Waals surface area contributed by atoms with Crippen LogP contribution in [-0.4, -0.2) is 15.0 Å².